The van der Waals surface area contributed by atoms with Gasteiger partial charge < -0.3 is 30.3 Å². The summed E-state index contributed by atoms with van der Waals surface area (Å²) in [6.45, 7) is 7.63. The number of nitrogens with one attached hydrogen (secondary N) is 3. The highest BCUT2D eigenvalue weighted by Gasteiger charge is 2.18. The minimum Gasteiger partial charge on any atom is -0.495 e. The van der Waals surface area contributed by atoms with Crippen LogP contribution in [0.1, 0.15) is 26.3 Å². The smallest absolute Gasteiger partial charge is 0.323 e. The van der Waals surface area contributed by atoms with Gasteiger partial charge in [0.15, 0.2) is 0 Å². The fraction of sp³-hybridized carbons (Fsp3) is 0.226. The number of carbonyl (C=O) groups excluding carboxylic acids is 1. The van der Waals surface area contributed by atoms with Crippen molar-refractivity contribution < 1.29 is 14.3 Å². The molecule has 0 spiro atoms. The van der Waals surface area contributed by atoms with Gasteiger partial charge in [0.1, 0.15) is 11.5 Å². The van der Waals surface area contributed by atoms with Gasteiger partial charge in [-0.2, -0.15) is 4.98 Å². The van der Waals surface area contributed by atoms with Crippen molar-refractivity contribution >= 4 is 40.5 Å². The monoisotopic (exact) mass is 551 g/mol. The van der Waals surface area contributed by atoms with E-state index >= 15 is 0 Å². The average molecular weight is 552 g/mol. The third-order valence-electron chi connectivity index (χ3n) is 6.49. The van der Waals surface area contributed by atoms with E-state index in [1.807, 2.05) is 65.6 Å². The molecule has 0 saturated carbocycles. The third kappa shape index (κ3) is 6.73. The number of amides is 2. The highest BCUT2D eigenvalue weighted by Crippen LogP contribution is 2.35. The summed E-state index contributed by atoms with van der Waals surface area (Å²) in [6, 6.07) is 18.5. The van der Waals surface area contributed by atoms with Crippen LogP contribution in [0.3, 0.4) is 0 Å². The molecule has 1 aliphatic heterocycles. The van der Waals surface area contributed by atoms with Crippen LogP contribution in [-0.4, -0.2) is 47.6 Å². The lowest BCUT2D eigenvalue weighted by atomic mass is 9.87. The fourth-order valence-corrected chi connectivity index (χ4v) is 4.32. The highest BCUT2D eigenvalue weighted by atomic mass is 16.5. The van der Waals surface area contributed by atoms with Crippen molar-refractivity contribution in [2.24, 2.45) is 4.99 Å². The summed E-state index contributed by atoms with van der Waals surface area (Å²) in [5, 5.41) is 10.7. The molecule has 10 nitrogen and oxygen atoms in total. The van der Waals surface area contributed by atoms with Crippen LogP contribution in [0.5, 0.6) is 17.4 Å². The molecule has 3 N–H and O–H groups in total. The second-order valence-corrected chi connectivity index (χ2v) is 10.5. The maximum absolute atomic E-state index is 13.1. The second-order valence-electron chi connectivity index (χ2n) is 10.5. The molecular formula is C31H33N7O3. The van der Waals surface area contributed by atoms with E-state index in [0.29, 0.717) is 41.4 Å². The van der Waals surface area contributed by atoms with E-state index in [9.17, 15) is 4.79 Å². The van der Waals surface area contributed by atoms with Crippen LogP contribution in [0, 0.1) is 0 Å². The van der Waals surface area contributed by atoms with Gasteiger partial charge in [0.25, 0.3) is 0 Å². The predicted octanol–water partition coefficient (Wildman–Crippen LogP) is 6.60. The first-order valence-corrected chi connectivity index (χ1v) is 13.3. The van der Waals surface area contributed by atoms with Crippen molar-refractivity contribution in [3.8, 4) is 17.4 Å². The Bertz CT molecular complexity index is 1610. The summed E-state index contributed by atoms with van der Waals surface area (Å²) in [4.78, 5) is 28.0. The Kier molecular flexibility index (Phi) is 8.00. The summed E-state index contributed by atoms with van der Waals surface area (Å²) in [5.74, 6) is 2.02. The summed E-state index contributed by atoms with van der Waals surface area (Å²) in [7, 11) is 1.58. The molecule has 0 bridgehead atoms. The van der Waals surface area contributed by atoms with Gasteiger partial charge in [-0.25, -0.2) is 14.8 Å². The standard InChI is InChI=1S/C31H33N7O3/c1-31(2,3)21-10-12-27(40-4)25(18-21)36-30(39)35-24-11-13-26(23-9-6-5-8-22(23)24)41-28-14-16-33-29(37-28)34-20-38-17-7-15-32-19-38/h5-16,18-19H,17,20H2,1-4H3,(H,33,34,37)(H2,35,36,39). The van der Waals surface area contributed by atoms with E-state index in [1.54, 1.807) is 31.9 Å². The van der Waals surface area contributed by atoms with Gasteiger partial charge in [-0.05, 0) is 41.3 Å². The molecule has 41 heavy (non-hydrogen) atoms. The van der Waals surface area contributed by atoms with E-state index in [2.05, 4.69) is 51.7 Å². The topological polar surface area (TPSA) is 113 Å². The molecule has 0 atom stereocenters. The SMILES string of the molecule is COc1ccc(C(C)(C)C)cc1NC(=O)Nc1ccc(Oc2ccnc(NCN3C=NC=CC3)n2)c2ccccc12. The van der Waals surface area contributed by atoms with Gasteiger partial charge >= 0.3 is 6.03 Å². The van der Waals surface area contributed by atoms with Crippen LogP contribution in [0.15, 0.2) is 84.1 Å². The summed E-state index contributed by atoms with van der Waals surface area (Å²) in [5.41, 5.74) is 2.24. The average Bonchev–Trinajstić information content (AvgIpc) is 2.97. The first-order valence-electron chi connectivity index (χ1n) is 13.3. The van der Waals surface area contributed by atoms with Gasteiger partial charge in [0, 0.05) is 35.8 Å². The lowest BCUT2D eigenvalue weighted by Crippen LogP contribution is -2.29. The fourth-order valence-electron chi connectivity index (χ4n) is 4.32. The van der Waals surface area contributed by atoms with Crippen LogP contribution >= 0.6 is 0 Å². The normalized spacial score (nSPS) is 12.7. The number of rotatable bonds is 8. The van der Waals surface area contributed by atoms with E-state index in [-0.39, 0.29) is 11.4 Å². The Morgan fingerprint density at radius 1 is 0.976 bits per heavy atom. The Morgan fingerprint density at radius 3 is 2.51 bits per heavy atom. The molecular weight excluding hydrogens is 518 g/mol. The molecule has 3 aromatic carbocycles. The van der Waals surface area contributed by atoms with Crippen molar-refractivity contribution in [2.45, 2.75) is 26.2 Å². The molecule has 1 aliphatic rings. The Labute approximate surface area is 239 Å². The maximum atomic E-state index is 13.1. The zero-order valence-electron chi connectivity index (χ0n) is 23.5. The lowest BCUT2D eigenvalue weighted by molar-refractivity contribution is 0.262. The molecule has 0 radical (unpaired) electrons. The van der Waals surface area contributed by atoms with Crippen LogP contribution in [0.4, 0.5) is 22.1 Å². The van der Waals surface area contributed by atoms with Crippen LogP contribution in [-0.2, 0) is 5.41 Å². The number of aromatic nitrogens is 2. The number of anilines is 3. The Hall–Kier alpha value is -5.12. The number of ether oxygens (including phenoxy) is 2. The number of fused-ring (bicyclic) bond motifs is 1. The summed E-state index contributed by atoms with van der Waals surface area (Å²) >= 11 is 0. The van der Waals surface area contributed by atoms with Gasteiger partial charge in [-0.1, -0.05) is 51.1 Å². The third-order valence-corrected chi connectivity index (χ3v) is 6.49. The number of urea groups is 1. The largest absolute Gasteiger partial charge is 0.495 e. The number of hydrogen-bond donors (Lipinski definition) is 3. The first kappa shape index (κ1) is 27.4. The van der Waals surface area contributed by atoms with Crippen LogP contribution in [0.25, 0.3) is 10.8 Å². The molecule has 210 valence electrons. The Balaban J connectivity index is 1.32. The molecule has 0 unspecified atom stereocenters. The minimum absolute atomic E-state index is 0.0779. The zero-order chi connectivity index (χ0) is 28.8. The highest BCUT2D eigenvalue weighted by molar-refractivity contribution is 6.08. The van der Waals surface area contributed by atoms with Crippen molar-refractivity contribution in [2.75, 3.05) is 36.3 Å². The maximum Gasteiger partial charge on any atom is 0.323 e. The number of hydrogen-bond acceptors (Lipinski definition) is 8. The molecule has 5 rings (SSSR count). The Morgan fingerprint density at radius 2 is 1.76 bits per heavy atom. The lowest BCUT2D eigenvalue weighted by Gasteiger charge is -2.21. The van der Waals surface area contributed by atoms with Crippen LogP contribution < -0.4 is 25.4 Å². The van der Waals surface area contributed by atoms with E-state index in [1.165, 1.54) is 0 Å². The van der Waals surface area contributed by atoms with Crippen molar-refractivity contribution in [3.05, 3.63) is 84.7 Å². The number of nitrogens with zero attached hydrogens (tertiary/aromatic N) is 4. The van der Waals surface area contributed by atoms with Gasteiger partial charge in [-0.15, -0.1) is 0 Å². The first-order chi connectivity index (χ1) is 19.8. The predicted molar refractivity (Wildman–Crippen MR) is 163 cm³/mol. The second kappa shape index (κ2) is 12.0. The molecule has 0 aliphatic carbocycles. The minimum atomic E-state index is -0.381. The number of methoxy groups -OCH3 is 1. The van der Waals surface area contributed by atoms with Gasteiger partial charge in [0.05, 0.1) is 31.5 Å². The van der Waals surface area contributed by atoms with E-state index < -0.39 is 0 Å². The van der Waals surface area contributed by atoms with E-state index in [4.69, 9.17) is 9.47 Å². The summed E-state index contributed by atoms with van der Waals surface area (Å²) in [6.07, 6.45) is 7.13. The molecule has 4 aromatic rings. The summed E-state index contributed by atoms with van der Waals surface area (Å²) < 4.78 is 11.6. The van der Waals surface area contributed by atoms with Crippen molar-refractivity contribution in [1.82, 2.24) is 14.9 Å². The quantitative estimate of drug-likeness (QED) is 0.226. The number of benzene rings is 3. The molecule has 0 saturated heterocycles. The molecule has 1 aromatic heterocycles. The molecule has 2 heterocycles. The zero-order valence-corrected chi connectivity index (χ0v) is 23.5. The van der Waals surface area contributed by atoms with E-state index in [0.717, 1.165) is 22.9 Å². The number of carbonyl (C=O) groups is 1. The van der Waals surface area contributed by atoms with Gasteiger partial charge in [0.2, 0.25) is 11.8 Å². The van der Waals surface area contributed by atoms with Gasteiger partial charge in [-0.3, -0.25) is 0 Å². The van der Waals surface area contributed by atoms with Crippen molar-refractivity contribution in [1.29, 1.82) is 0 Å². The van der Waals surface area contributed by atoms with Crippen LogP contribution in [0.2, 0.25) is 0 Å². The molecule has 2 amide bonds. The molecule has 0 fully saturated rings. The number of aliphatic imine (C=N–C) groups is 1. The van der Waals surface area contributed by atoms with Crippen molar-refractivity contribution in [3.63, 3.8) is 0 Å². The molecule has 10 heteroatoms.